The molecular formula is C17H20F3NO3. The molecule has 0 radical (unpaired) electrons. The molecule has 1 N–H and O–H groups in total. The third kappa shape index (κ3) is 3.72. The molecule has 1 saturated carbocycles. The predicted molar refractivity (Wildman–Crippen MR) is 80.4 cm³/mol. The molecule has 1 aromatic rings. The van der Waals surface area contributed by atoms with E-state index in [1.54, 1.807) is 0 Å². The van der Waals surface area contributed by atoms with Crippen molar-refractivity contribution in [2.75, 3.05) is 13.2 Å². The molecule has 1 aliphatic heterocycles. The van der Waals surface area contributed by atoms with Crippen molar-refractivity contribution in [1.82, 2.24) is 5.32 Å². The van der Waals surface area contributed by atoms with E-state index in [4.69, 9.17) is 9.47 Å². The average Bonchev–Trinajstić information content (AvgIpc) is 2.95. The van der Waals surface area contributed by atoms with Crippen LogP contribution in [-0.4, -0.2) is 30.9 Å². The molecule has 1 spiro atoms. The molecule has 4 nitrogen and oxygen atoms in total. The second-order valence-electron chi connectivity index (χ2n) is 6.28. The summed E-state index contributed by atoms with van der Waals surface area (Å²) in [5.41, 5.74) is -1.31. The number of carbonyl (C=O) groups excluding carboxylic acids is 1. The molecule has 2 aliphatic rings. The Balaban J connectivity index is 1.59. The van der Waals surface area contributed by atoms with Crippen LogP contribution >= 0.6 is 0 Å². The van der Waals surface area contributed by atoms with E-state index in [9.17, 15) is 18.0 Å². The van der Waals surface area contributed by atoms with Crippen molar-refractivity contribution in [2.24, 2.45) is 0 Å². The summed E-state index contributed by atoms with van der Waals surface area (Å²) in [6.07, 6.45) is 0.000693. The van der Waals surface area contributed by atoms with Crippen molar-refractivity contribution < 1.29 is 27.4 Å². The van der Waals surface area contributed by atoms with Gasteiger partial charge in [0.15, 0.2) is 5.79 Å². The molecule has 132 valence electrons. The summed E-state index contributed by atoms with van der Waals surface area (Å²) < 4.78 is 50.6. The van der Waals surface area contributed by atoms with Crippen LogP contribution in [0.2, 0.25) is 0 Å². The Kier molecular flexibility index (Phi) is 4.83. The van der Waals surface area contributed by atoms with Crippen molar-refractivity contribution in [3.05, 3.63) is 35.4 Å². The summed E-state index contributed by atoms with van der Waals surface area (Å²) in [5, 5.41) is 2.53. The van der Waals surface area contributed by atoms with Crippen LogP contribution in [0, 0.1) is 0 Å². The maximum Gasteiger partial charge on any atom is 0.417 e. The fourth-order valence-corrected chi connectivity index (χ4v) is 3.30. The molecule has 0 bridgehead atoms. The van der Waals surface area contributed by atoms with Crippen LogP contribution in [0.1, 0.15) is 48.0 Å². The first-order valence-corrected chi connectivity index (χ1v) is 8.16. The Morgan fingerprint density at radius 3 is 2.62 bits per heavy atom. The molecule has 1 aromatic carbocycles. The van der Waals surface area contributed by atoms with Gasteiger partial charge in [0.2, 0.25) is 0 Å². The fraction of sp³-hybridized carbons (Fsp3) is 0.588. The largest absolute Gasteiger partial charge is 0.417 e. The van der Waals surface area contributed by atoms with Gasteiger partial charge >= 0.3 is 6.18 Å². The van der Waals surface area contributed by atoms with Crippen molar-refractivity contribution in [3.8, 4) is 0 Å². The average molecular weight is 343 g/mol. The van der Waals surface area contributed by atoms with Gasteiger partial charge < -0.3 is 14.8 Å². The number of amides is 1. The van der Waals surface area contributed by atoms with Crippen LogP contribution in [0.3, 0.4) is 0 Å². The van der Waals surface area contributed by atoms with E-state index in [-0.39, 0.29) is 18.2 Å². The van der Waals surface area contributed by atoms with E-state index in [1.807, 2.05) is 0 Å². The zero-order chi connectivity index (χ0) is 17.2. The Hall–Kier alpha value is -1.60. The molecule has 2 fully saturated rings. The van der Waals surface area contributed by atoms with Crippen LogP contribution in [0.4, 0.5) is 13.2 Å². The van der Waals surface area contributed by atoms with Crippen molar-refractivity contribution in [2.45, 2.75) is 50.2 Å². The Morgan fingerprint density at radius 2 is 1.92 bits per heavy atom. The van der Waals surface area contributed by atoms with Crippen LogP contribution in [-0.2, 0) is 15.7 Å². The third-order valence-corrected chi connectivity index (χ3v) is 4.50. The lowest BCUT2D eigenvalue weighted by molar-refractivity contribution is -0.186. The number of rotatable bonds is 3. The van der Waals surface area contributed by atoms with Crippen LogP contribution in [0.15, 0.2) is 24.3 Å². The standard InChI is InChI=1S/C17H20F3NO3/c18-17(19,20)14-7-3-2-6-13(14)15(22)21-10-12-11-23-16(24-12)8-4-1-5-9-16/h2-3,6-7,12H,1,4-5,8-11H2,(H,21,22)/t12-/m0/s1. The van der Waals surface area contributed by atoms with Gasteiger partial charge in [0.1, 0.15) is 6.10 Å². The number of carbonyl (C=O) groups is 1. The van der Waals surface area contributed by atoms with Crippen LogP contribution in [0.5, 0.6) is 0 Å². The molecule has 0 unspecified atom stereocenters. The van der Waals surface area contributed by atoms with E-state index in [2.05, 4.69) is 5.32 Å². The number of halogens is 3. The molecule has 24 heavy (non-hydrogen) atoms. The first-order chi connectivity index (χ1) is 11.4. The smallest absolute Gasteiger partial charge is 0.349 e. The summed E-state index contributed by atoms with van der Waals surface area (Å²) in [6, 6.07) is 4.75. The number of hydrogen-bond donors (Lipinski definition) is 1. The number of ether oxygens (including phenoxy) is 2. The molecule has 1 amide bonds. The summed E-state index contributed by atoms with van der Waals surface area (Å²) in [7, 11) is 0. The highest BCUT2D eigenvalue weighted by Gasteiger charge is 2.42. The lowest BCUT2D eigenvalue weighted by atomic mass is 9.94. The van der Waals surface area contributed by atoms with Gasteiger partial charge in [-0.15, -0.1) is 0 Å². The van der Waals surface area contributed by atoms with E-state index in [0.717, 1.165) is 38.2 Å². The molecule has 1 heterocycles. The van der Waals surface area contributed by atoms with Gasteiger partial charge in [-0.25, -0.2) is 0 Å². The highest BCUT2D eigenvalue weighted by Crippen LogP contribution is 2.37. The normalized spacial score (nSPS) is 23.4. The zero-order valence-electron chi connectivity index (χ0n) is 13.2. The maximum absolute atomic E-state index is 13.0. The zero-order valence-corrected chi connectivity index (χ0v) is 13.2. The van der Waals surface area contributed by atoms with Gasteiger partial charge in [-0.3, -0.25) is 4.79 Å². The summed E-state index contributed by atoms with van der Waals surface area (Å²) in [4.78, 5) is 12.1. The Morgan fingerprint density at radius 1 is 1.21 bits per heavy atom. The summed E-state index contributed by atoms with van der Waals surface area (Å²) in [6.45, 7) is 0.480. The van der Waals surface area contributed by atoms with Gasteiger partial charge in [-0.2, -0.15) is 13.2 Å². The van der Waals surface area contributed by atoms with Crippen molar-refractivity contribution in [1.29, 1.82) is 0 Å². The minimum Gasteiger partial charge on any atom is -0.349 e. The third-order valence-electron chi connectivity index (χ3n) is 4.50. The number of alkyl halides is 3. The summed E-state index contributed by atoms with van der Waals surface area (Å²) in [5.74, 6) is -1.31. The molecule has 1 atom stereocenters. The molecular weight excluding hydrogens is 323 g/mol. The second kappa shape index (κ2) is 6.72. The quantitative estimate of drug-likeness (QED) is 0.914. The summed E-state index contributed by atoms with van der Waals surface area (Å²) >= 11 is 0. The van der Waals surface area contributed by atoms with Crippen molar-refractivity contribution in [3.63, 3.8) is 0 Å². The second-order valence-corrected chi connectivity index (χ2v) is 6.28. The molecule has 0 aromatic heterocycles. The van der Waals surface area contributed by atoms with E-state index >= 15 is 0 Å². The van der Waals surface area contributed by atoms with Crippen LogP contribution < -0.4 is 5.32 Å². The predicted octanol–water partition coefficient (Wildman–Crippen LogP) is 3.51. The molecule has 7 heteroatoms. The highest BCUT2D eigenvalue weighted by atomic mass is 19.4. The van der Waals surface area contributed by atoms with Gasteiger partial charge in [0.05, 0.1) is 17.7 Å². The molecule has 1 saturated heterocycles. The lowest BCUT2D eigenvalue weighted by Gasteiger charge is -2.31. The minimum absolute atomic E-state index is 0.132. The number of benzene rings is 1. The first kappa shape index (κ1) is 17.2. The fourth-order valence-electron chi connectivity index (χ4n) is 3.30. The minimum atomic E-state index is -4.56. The topological polar surface area (TPSA) is 47.6 Å². The maximum atomic E-state index is 13.0. The van der Waals surface area contributed by atoms with Gasteiger partial charge in [0.25, 0.3) is 5.91 Å². The molecule has 3 rings (SSSR count). The van der Waals surface area contributed by atoms with E-state index in [0.29, 0.717) is 6.61 Å². The SMILES string of the molecule is O=C(NC[C@H]1COC2(CCCCC2)O1)c1ccccc1C(F)(F)F. The van der Waals surface area contributed by atoms with Crippen LogP contribution in [0.25, 0.3) is 0 Å². The molecule has 1 aliphatic carbocycles. The number of nitrogens with one attached hydrogen (secondary N) is 1. The lowest BCUT2D eigenvalue weighted by Crippen LogP contribution is -2.37. The van der Waals surface area contributed by atoms with Gasteiger partial charge in [-0.1, -0.05) is 18.6 Å². The Bertz CT molecular complexity index is 597. The van der Waals surface area contributed by atoms with Crippen molar-refractivity contribution >= 4 is 5.91 Å². The monoisotopic (exact) mass is 343 g/mol. The first-order valence-electron chi connectivity index (χ1n) is 8.16. The van der Waals surface area contributed by atoms with E-state index in [1.165, 1.54) is 18.2 Å². The highest BCUT2D eigenvalue weighted by molar-refractivity contribution is 5.95. The van der Waals surface area contributed by atoms with Gasteiger partial charge in [-0.05, 0) is 25.0 Å². The van der Waals surface area contributed by atoms with Gasteiger partial charge in [0, 0.05) is 19.4 Å². The Labute approximate surface area is 138 Å². The number of hydrogen-bond acceptors (Lipinski definition) is 3. The van der Waals surface area contributed by atoms with E-state index < -0.39 is 23.4 Å².